The number of fused-ring (bicyclic) bond motifs is 1. The number of carbonyl (C=O) groups is 2. The molecule has 0 radical (unpaired) electrons. The smallest absolute Gasteiger partial charge is 0.270 e. The highest BCUT2D eigenvalue weighted by atomic mass is 19.1. The molecular formula is C26H23FN4O5. The van der Waals surface area contributed by atoms with Gasteiger partial charge < -0.3 is 24.8 Å². The summed E-state index contributed by atoms with van der Waals surface area (Å²) in [5, 5.41) is 12.5. The van der Waals surface area contributed by atoms with Crippen molar-refractivity contribution in [2.75, 3.05) is 18.6 Å². The lowest BCUT2D eigenvalue weighted by molar-refractivity contribution is -0.120. The Hall–Kier alpha value is -4.49. The zero-order chi connectivity index (χ0) is 25.9. The number of aliphatic hydroxyl groups is 1. The molecular weight excluding hydrogens is 467 g/mol. The number of amides is 2. The van der Waals surface area contributed by atoms with Crippen molar-refractivity contribution in [3.63, 3.8) is 0 Å². The fraction of sp³-hybridized carbons (Fsp3) is 0.231. The van der Waals surface area contributed by atoms with Gasteiger partial charge in [-0.25, -0.2) is 4.98 Å². The van der Waals surface area contributed by atoms with Crippen LogP contribution in [0.25, 0.3) is 0 Å². The van der Waals surface area contributed by atoms with Crippen molar-refractivity contribution in [1.29, 1.82) is 0 Å². The Morgan fingerprint density at radius 3 is 2.75 bits per heavy atom. The second kappa shape index (κ2) is 10.0. The fourth-order valence-electron chi connectivity index (χ4n) is 3.29. The van der Waals surface area contributed by atoms with E-state index < -0.39 is 23.5 Å². The molecule has 1 aromatic carbocycles. The number of aromatic nitrogens is 2. The quantitative estimate of drug-likeness (QED) is 0.427. The molecule has 0 bridgehead atoms. The monoisotopic (exact) mass is 490 g/mol. The van der Waals surface area contributed by atoms with Crippen molar-refractivity contribution in [2.45, 2.75) is 25.5 Å². The Morgan fingerprint density at radius 2 is 2.03 bits per heavy atom. The number of pyridine rings is 2. The van der Waals surface area contributed by atoms with E-state index in [1.54, 1.807) is 39.1 Å². The molecule has 3 aromatic rings. The Kier molecular flexibility index (Phi) is 6.85. The summed E-state index contributed by atoms with van der Waals surface area (Å²) in [6.07, 6.45) is 2.59. The molecule has 36 heavy (non-hydrogen) atoms. The molecule has 0 fully saturated rings. The first-order valence-electron chi connectivity index (χ1n) is 11.0. The number of ether oxygens (including phenoxy) is 2. The zero-order valence-corrected chi connectivity index (χ0v) is 19.8. The SMILES string of the molecule is CN1C(=O)C(NC(=O)c2cc(Oc3ccc(F)nc3)ccn2)COc2ccc(C#CC(C)(C)O)cc21. The summed E-state index contributed by atoms with van der Waals surface area (Å²) in [5.41, 5.74) is -0.0594. The highest BCUT2D eigenvalue weighted by molar-refractivity contribution is 6.03. The van der Waals surface area contributed by atoms with Crippen LogP contribution in [0.5, 0.6) is 17.2 Å². The summed E-state index contributed by atoms with van der Waals surface area (Å²) in [6.45, 7) is 3.06. The largest absolute Gasteiger partial charge is 0.489 e. The van der Waals surface area contributed by atoms with Crippen LogP contribution in [-0.2, 0) is 4.79 Å². The van der Waals surface area contributed by atoms with E-state index >= 15 is 0 Å². The van der Waals surface area contributed by atoms with Gasteiger partial charge in [-0.3, -0.25) is 14.6 Å². The molecule has 1 unspecified atom stereocenters. The number of nitrogens with zero attached hydrogens (tertiary/aromatic N) is 3. The maximum atomic E-state index is 13.1. The van der Waals surface area contributed by atoms with Crippen molar-refractivity contribution >= 4 is 17.5 Å². The number of hydrogen-bond donors (Lipinski definition) is 2. The summed E-state index contributed by atoms with van der Waals surface area (Å²) in [7, 11) is 1.58. The van der Waals surface area contributed by atoms with E-state index in [1.165, 1.54) is 35.5 Å². The van der Waals surface area contributed by atoms with Crippen LogP contribution >= 0.6 is 0 Å². The number of likely N-dealkylation sites (N-methyl/N-ethyl adjacent to an activating group) is 1. The van der Waals surface area contributed by atoms with Crippen molar-refractivity contribution in [2.24, 2.45) is 0 Å². The summed E-state index contributed by atoms with van der Waals surface area (Å²) in [6, 6.07) is 9.59. The lowest BCUT2D eigenvalue weighted by atomic mass is 10.1. The second-order valence-corrected chi connectivity index (χ2v) is 8.52. The Morgan fingerprint density at radius 1 is 1.22 bits per heavy atom. The molecule has 2 N–H and O–H groups in total. The predicted octanol–water partition coefficient (Wildman–Crippen LogP) is 2.68. The van der Waals surface area contributed by atoms with Crippen molar-refractivity contribution in [1.82, 2.24) is 15.3 Å². The number of anilines is 1. The van der Waals surface area contributed by atoms with Gasteiger partial charge in [0, 0.05) is 24.9 Å². The lowest BCUT2D eigenvalue weighted by Crippen LogP contribution is -2.49. The first-order chi connectivity index (χ1) is 17.1. The average molecular weight is 490 g/mol. The standard InChI is InChI=1S/C26H23FN4O5/c1-26(2,34)10-8-16-4-6-22-21(12-16)31(3)25(33)20(15-35-22)30-24(32)19-13-17(9-11-28-19)36-18-5-7-23(27)29-14-18/h4-7,9,11-14,20,34H,15H2,1-3H3,(H,30,32). The minimum atomic E-state index is -1.16. The second-order valence-electron chi connectivity index (χ2n) is 8.52. The predicted molar refractivity (Wildman–Crippen MR) is 128 cm³/mol. The third kappa shape index (κ3) is 5.95. The number of nitrogens with one attached hydrogen (secondary N) is 1. The van der Waals surface area contributed by atoms with Gasteiger partial charge in [0.05, 0.1) is 11.9 Å². The van der Waals surface area contributed by atoms with Gasteiger partial charge in [-0.05, 0) is 50.2 Å². The summed E-state index contributed by atoms with van der Waals surface area (Å²) in [5.74, 6) is 5.00. The van der Waals surface area contributed by atoms with Gasteiger partial charge in [0.15, 0.2) is 0 Å². The van der Waals surface area contributed by atoms with E-state index in [-0.39, 0.29) is 29.7 Å². The summed E-state index contributed by atoms with van der Waals surface area (Å²) >= 11 is 0. The van der Waals surface area contributed by atoms with Gasteiger partial charge in [-0.2, -0.15) is 4.39 Å². The minimum Gasteiger partial charge on any atom is -0.489 e. The van der Waals surface area contributed by atoms with E-state index in [1.807, 2.05) is 0 Å². The van der Waals surface area contributed by atoms with Crippen molar-refractivity contribution < 1.29 is 28.6 Å². The summed E-state index contributed by atoms with van der Waals surface area (Å²) in [4.78, 5) is 34.9. The number of hydrogen-bond acceptors (Lipinski definition) is 7. The van der Waals surface area contributed by atoms with Crippen LogP contribution in [0.2, 0.25) is 0 Å². The van der Waals surface area contributed by atoms with Gasteiger partial charge in [-0.1, -0.05) is 11.8 Å². The Bertz CT molecular complexity index is 1360. The van der Waals surface area contributed by atoms with Crippen LogP contribution < -0.4 is 19.7 Å². The molecule has 0 saturated carbocycles. The fourth-order valence-corrected chi connectivity index (χ4v) is 3.29. The number of rotatable bonds is 4. The van der Waals surface area contributed by atoms with Gasteiger partial charge in [-0.15, -0.1) is 0 Å². The molecule has 0 spiro atoms. The third-order valence-corrected chi connectivity index (χ3v) is 5.07. The topological polar surface area (TPSA) is 114 Å². The van der Waals surface area contributed by atoms with Gasteiger partial charge in [0.1, 0.15) is 41.2 Å². The molecule has 2 amide bonds. The maximum absolute atomic E-state index is 13.1. The lowest BCUT2D eigenvalue weighted by Gasteiger charge is -2.20. The normalized spacial score (nSPS) is 15.1. The average Bonchev–Trinajstić information content (AvgIpc) is 2.96. The highest BCUT2D eigenvalue weighted by Crippen LogP contribution is 2.31. The number of benzene rings is 1. The zero-order valence-electron chi connectivity index (χ0n) is 19.8. The molecule has 1 aliphatic rings. The van der Waals surface area contributed by atoms with Gasteiger partial charge >= 0.3 is 0 Å². The van der Waals surface area contributed by atoms with Gasteiger partial charge in [0.25, 0.3) is 11.8 Å². The third-order valence-electron chi connectivity index (χ3n) is 5.07. The summed E-state index contributed by atoms with van der Waals surface area (Å²) < 4.78 is 24.4. The maximum Gasteiger partial charge on any atom is 0.270 e. The molecule has 2 aromatic heterocycles. The van der Waals surface area contributed by atoms with Crippen LogP contribution in [0.3, 0.4) is 0 Å². The molecule has 184 valence electrons. The van der Waals surface area contributed by atoms with E-state index in [0.717, 1.165) is 6.07 Å². The Labute approximate surface area is 206 Å². The van der Waals surface area contributed by atoms with Crippen LogP contribution in [0.1, 0.15) is 29.9 Å². The van der Waals surface area contributed by atoms with Gasteiger partial charge in [0.2, 0.25) is 5.95 Å². The van der Waals surface area contributed by atoms with Crippen molar-refractivity contribution in [3.8, 4) is 29.1 Å². The molecule has 1 atom stereocenters. The van der Waals surface area contributed by atoms with Crippen LogP contribution in [-0.4, -0.2) is 52.2 Å². The van der Waals surface area contributed by atoms with Crippen LogP contribution in [0.15, 0.2) is 54.9 Å². The van der Waals surface area contributed by atoms with Crippen LogP contribution in [0, 0.1) is 17.8 Å². The molecule has 10 heteroatoms. The van der Waals surface area contributed by atoms with E-state index in [9.17, 15) is 19.1 Å². The van der Waals surface area contributed by atoms with E-state index in [4.69, 9.17) is 9.47 Å². The molecule has 9 nitrogen and oxygen atoms in total. The first kappa shape index (κ1) is 24.6. The van der Waals surface area contributed by atoms with Crippen molar-refractivity contribution in [3.05, 3.63) is 72.1 Å². The molecule has 3 heterocycles. The van der Waals surface area contributed by atoms with Crippen LogP contribution in [0.4, 0.5) is 10.1 Å². The first-order valence-corrected chi connectivity index (χ1v) is 11.0. The highest BCUT2D eigenvalue weighted by Gasteiger charge is 2.31. The molecule has 1 aliphatic heterocycles. The number of halogens is 1. The molecule has 0 aliphatic carbocycles. The number of carbonyl (C=O) groups excluding carboxylic acids is 2. The molecule has 4 rings (SSSR count). The van der Waals surface area contributed by atoms with E-state index in [0.29, 0.717) is 17.0 Å². The van der Waals surface area contributed by atoms with E-state index in [2.05, 4.69) is 27.1 Å². The minimum absolute atomic E-state index is 0.0176. The molecule has 0 saturated heterocycles. The Balaban J connectivity index is 1.48.